The summed E-state index contributed by atoms with van der Waals surface area (Å²) >= 11 is 0. The monoisotopic (exact) mass is 223 g/mol. The number of aromatic nitrogens is 3. The predicted octanol–water partition coefficient (Wildman–Crippen LogP) is -0.426. The van der Waals surface area contributed by atoms with Gasteiger partial charge in [0.15, 0.2) is 10.9 Å². The summed E-state index contributed by atoms with van der Waals surface area (Å²) in [5.41, 5.74) is -0.387. The van der Waals surface area contributed by atoms with Gasteiger partial charge in [-0.1, -0.05) is 4.85 Å². The third-order valence-electron chi connectivity index (χ3n) is 2.18. The molecule has 0 aliphatic carbocycles. The normalized spacial score (nSPS) is 10.4. The lowest BCUT2D eigenvalue weighted by molar-refractivity contribution is -0.687. The molecule has 0 bridgehead atoms. The number of rotatable bonds is 2. The van der Waals surface area contributed by atoms with Crippen LogP contribution >= 0.6 is 0 Å². The number of hydrogen-bond donors (Lipinski definition) is 1. The SMILES string of the molecule is COc1cc(OC)c2c(=O)[n+]([O-])n[nH]c2c1. The number of nitrogens with zero attached hydrogens (tertiary/aromatic N) is 2. The molecule has 0 aliphatic rings. The van der Waals surface area contributed by atoms with Gasteiger partial charge in [0.05, 0.1) is 19.4 Å². The van der Waals surface area contributed by atoms with Gasteiger partial charge < -0.3 is 14.7 Å². The first-order valence-corrected chi connectivity index (χ1v) is 4.41. The van der Waals surface area contributed by atoms with Crippen molar-refractivity contribution < 1.29 is 14.3 Å². The highest BCUT2D eigenvalue weighted by Gasteiger charge is 2.15. The van der Waals surface area contributed by atoms with E-state index in [2.05, 4.69) is 10.3 Å². The van der Waals surface area contributed by atoms with Crippen LogP contribution in [0.2, 0.25) is 0 Å². The maximum absolute atomic E-state index is 11.6. The topological polar surface area (TPSA) is 91.2 Å². The van der Waals surface area contributed by atoms with Crippen molar-refractivity contribution in [1.29, 1.82) is 0 Å². The summed E-state index contributed by atoms with van der Waals surface area (Å²) in [7, 11) is 2.89. The van der Waals surface area contributed by atoms with E-state index in [1.54, 1.807) is 6.07 Å². The standard InChI is InChI=1S/C9H9N3O4/c1-15-5-3-6-8(7(4-5)16-2)9(13)12(14)11-10-6/h3-4,10H,1-2H3. The molecule has 0 radical (unpaired) electrons. The van der Waals surface area contributed by atoms with E-state index in [9.17, 15) is 10.0 Å². The van der Waals surface area contributed by atoms with Gasteiger partial charge in [0.1, 0.15) is 11.5 Å². The number of fused-ring (bicyclic) bond motifs is 1. The van der Waals surface area contributed by atoms with Gasteiger partial charge >= 0.3 is 5.56 Å². The molecule has 0 saturated carbocycles. The maximum Gasteiger partial charge on any atom is 0.372 e. The highest BCUT2D eigenvalue weighted by atomic mass is 16.5. The Morgan fingerprint density at radius 3 is 2.75 bits per heavy atom. The van der Waals surface area contributed by atoms with Crippen LogP contribution < -0.4 is 19.9 Å². The zero-order valence-electron chi connectivity index (χ0n) is 8.68. The van der Waals surface area contributed by atoms with Crippen molar-refractivity contribution in [2.75, 3.05) is 14.2 Å². The Kier molecular flexibility index (Phi) is 2.35. The number of aromatic amines is 1. The largest absolute Gasteiger partial charge is 0.688 e. The van der Waals surface area contributed by atoms with Crippen LogP contribution in [0.25, 0.3) is 10.9 Å². The molecule has 0 amide bonds. The molecule has 7 heteroatoms. The molecule has 2 rings (SSSR count). The molecule has 0 unspecified atom stereocenters. The van der Waals surface area contributed by atoms with Crippen LogP contribution in [0.15, 0.2) is 16.9 Å². The van der Waals surface area contributed by atoms with Crippen LogP contribution in [-0.4, -0.2) is 24.5 Å². The molecule has 0 fully saturated rings. The second-order valence-electron chi connectivity index (χ2n) is 3.04. The van der Waals surface area contributed by atoms with Crippen LogP contribution in [0.4, 0.5) is 0 Å². The van der Waals surface area contributed by atoms with Crippen molar-refractivity contribution >= 4 is 10.9 Å². The lowest BCUT2D eigenvalue weighted by atomic mass is 10.2. The third-order valence-corrected chi connectivity index (χ3v) is 2.18. The zero-order chi connectivity index (χ0) is 11.7. The molecule has 16 heavy (non-hydrogen) atoms. The highest BCUT2D eigenvalue weighted by molar-refractivity contribution is 5.84. The van der Waals surface area contributed by atoms with Crippen molar-refractivity contribution in [2.45, 2.75) is 0 Å². The van der Waals surface area contributed by atoms with Crippen LogP contribution in [-0.2, 0) is 0 Å². The number of nitrogens with one attached hydrogen (secondary N) is 1. The first-order valence-electron chi connectivity index (χ1n) is 4.41. The van der Waals surface area contributed by atoms with Crippen LogP contribution in [0, 0.1) is 5.21 Å². The molecule has 1 N–H and O–H groups in total. The molecule has 1 aromatic carbocycles. The summed E-state index contributed by atoms with van der Waals surface area (Å²) in [4.78, 5) is 11.5. The Morgan fingerprint density at radius 2 is 2.12 bits per heavy atom. The van der Waals surface area contributed by atoms with Crippen molar-refractivity contribution in [3.05, 3.63) is 27.7 Å². The molecular formula is C9H9N3O4. The maximum atomic E-state index is 11.6. The van der Waals surface area contributed by atoms with Gasteiger partial charge in [0.25, 0.3) is 0 Å². The average molecular weight is 223 g/mol. The third kappa shape index (κ3) is 1.42. The van der Waals surface area contributed by atoms with Crippen molar-refractivity contribution in [3.8, 4) is 11.5 Å². The quantitative estimate of drug-likeness (QED) is 0.551. The van der Waals surface area contributed by atoms with Gasteiger partial charge in [-0.3, -0.25) is 0 Å². The minimum absolute atomic E-state index is 0.0304. The Morgan fingerprint density at radius 1 is 1.38 bits per heavy atom. The fourth-order valence-corrected chi connectivity index (χ4v) is 1.42. The average Bonchev–Trinajstić information content (AvgIpc) is 2.32. The predicted molar refractivity (Wildman–Crippen MR) is 54.4 cm³/mol. The van der Waals surface area contributed by atoms with Gasteiger partial charge in [0, 0.05) is 12.1 Å². The molecule has 0 aliphatic heterocycles. The van der Waals surface area contributed by atoms with Gasteiger partial charge in [0.2, 0.25) is 0 Å². The van der Waals surface area contributed by atoms with Gasteiger partial charge in [-0.15, -0.1) is 5.10 Å². The van der Waals surface area contributed by atoms with Crippen LogP contribution in [0.3, 0.4) is 0 Å². The van der Waals surface area contributed by atoms with E-state index in [0.717, 1.165) is 0 Å². The molecular weight excluding hydrogens is 214 g/mol. The van der Waals surface area contributed by atoms with Crippen LogP contribution in [0.5, 0.6) is 11.5 Å². The lowest BCUT2D eigenvalue weighted by Crippen LogP contribution is -2.48. The van der Waals surface area contributed by atoms with Crippen molar-refractivity contribution in [1.82, 2.24) is 10.3 Å². The molecule has 0 saturated heterocycles. The van der Waals surface area contributed by atoms with E-state index in [1.807, 2.05) is 0 Å². The van der Waals surface area contributed by atoms with E-state index in [0.29, 0.717) is 11.3 Å². The smallest absolute Gasteiger partial charge is 0.372 e. The van der Waals surface area contributed by atoms with E-state index >= 15 is 0 Å². The van der Waals surface area contributed by atoms with E-state index in [-0.39, 0.29) is 16.0 Å². The number of methoxy groups -OCH3 is 2. The second kappa shape index (κ2) is 3.69. The number of benzene rings is 1. The Labute approximate surface area is 89.8 Å². The Hall–Kier alpha value is -2.31. The Bertz CT molecular complexity index is 593. The fraction of sp³-hybridized carbons (Fsp3) is 0.222. The first-order chi connectivity index (χ1) is 7.67. The first kappa shape index (κ1) is 10.2. The summed E-state index contributed by atoms with van der Waals surface area (Å²) in [6.45, 7) is 0. The minimum atomic E-state index is -0.770. The van der Waals surface area contributed by atoms with Crippen molar-refractivity contribution in [3.63, 3.8) is 0 Å². The van der Waals surface area contributed by atoms with Gasteiger partial charge in [-0.25, -0.2) is 4.79 Å². The highest BCUT2D eigenvalue weighted by Crippen LogP contribution is 2.26. The van der Waals surface area contributed by atoms with Crippen molar-refractivity contribution in [2.24, 2.45) is 0 Å². The zero-order valence-corrected chi connectivity index (χ0v) is 8.68. The molecule has 84 valence electrons. The summed E-state index contributed by atoms with van der Waals surface area (Å²) < 4.78 is 10.0. The lowest BCUT2D eigenvalue weighted by Gasteiger charge is -2.06. The molecule has 2 aromatic rings. The molecule has 1 heterocycles. The van der Waals surface area contributed by atoms with E-state index < -0.39 is 5.56 Å². The Balaban J connectivity index is 2.90. The summed E-state index contributed by atoms with van der Waals surface area (Å²) in [6.07, 6.45) is 0. The molecule has 0 atom stereocenters. The van der Waals surface area contributed by atoms with E-state index in [4.69, 9.17) is 9.47 Å². The summed E-state index contributed by atoms with van der Waals surface area (Å²) in [6, 6.07) is 3.09. The summed E-state index contributed by atoms with van der Waals surface area (Å²) in [5, 5.41) is 16.9. The van der Waals surface area contributed by atoms with Gasteiger partial charge in [-0.05, 0) is 0 Å². The van der Waals surface area contributed by atoms with Crippen LogP contribution in [0.1, 0.15) is 0 Å². The fourth-order valence-electron chi connectivity index (χ4n) is 1.42. The number of H-pyrrole nitrogens is 1. The van der Waals surface area contributed by atoms with E-state index in [1.165, 1.54) is 20.3 Å². The molecule has 1 aromatic heterocycles. The number of ether oxygens (including phenoxy) is 2. The van der Waals surface area contributed by atoms with Gasteiger partial charge in [-0.2, -0.15) is 0 Å². The minimum Gasteiger partial charge on any atom is -0.688 e. The second-order valence-corrected chi connectivity index (χ2v) is 3.04. The summed E-state index contributed by atoms with van der Waals surface area (Å²) in [5.74, 6) is 0.771. The number of hydrogen-bond acceptors (Lipinski definition) is 5. The molecule has 7 nitrogen and oxygen atoms in total. The molecule has 0 spiro atoms.